The molecule has 110 valence electrons. The molecule has 1 aromatic carbocycles. The van der Waals surface area contributed by atoms with Gasteiger partial charge in [0, 0.05) is 28.8 Å². The highest BCUT2D eigenvalue weighted by Crippen LogP contribution is 2.40. The number of aryl methyl sites for hydroxylation is 1. The summed E-state index contributed by atoms with van der Waals surface area (Å²) >= 11 is 1.85. The van der Waals surface area contributed by atoms with E-state index in [-0.39, 0.29) is 0 Å². The molecule has 0 saturated carbocycles. The number of rotatable bonds is 2. The van der Waals surface area contributed by atoms with Crippen LogP contribution >= 0.6 is 11.3 Å². The van der Waals surface area contributed by atoms with Crippen LogP contribution in [0.15, 0.2) is 54.9 Å². The molecule has 0 bridgehead atoms. The molecule has 0 amide bonds. The first-order chi connectivity index (χ1) is 10.9. The van der Waals surface area contributed by atoms with E-state index in [1.165, 1.54) is 35.4 Å². The van der Waals surface area contributed by atoms with Crippen molar-refractivity contribution in [1.29, 1.82) is 0 Å². The Bertz CT molecular complexity index is 750. The molecule has 3 heteroatoms. The van der Waals surface area contributed by atoms with Crippen LogP contribution in [0.2, 0.25) is 0 Å². The first-order valence-electron chi connectivity index (χ1n) is 7.87. The fraction of sp³-hybridized carbons (Fsp3) is 0.263. The number of thiazole rings is 1. The smallest absolute Gasteiger partial charge is 0.125 e. The summed E-state index contributed by atoms with van der Waals surface area (Å²) in [6, 6.07) is 14.9. The SMILES string of the molecule is c1ccc(C2CCCCc3sc(-c4cccnc4)nc32)cc1. The number of pyridine rings is 1. The summed E-state index contributed by atoms with van der Waals surface area (Å²) in [5.41, 5.74) is 3.83. The van der Waals surface area contributed by atoms with Gasteiger partial charge in [0.05, 0.1) is 5.69 Å². The second-order valence-corrected chi connectivity index (χ2v) is 6.86. The van der Waals surface area contributed by atoms with E-state index >= 15 is 0 Å². The van der Waals surface area contributed by atoms with Crippen LogP contribution < -0.4 is 0 Å². The lowest BCUT2D eigenvalue weighted by molar-refractivity contribution is 0.651. The van der Waals surface area contributed by atoms with Crippen LogP contribution in [0, 0.1) is 0 Å². The minimum absolute atomic E-state index is 0.445. The highest BCUT2D eigenvalue weighted by atomic mass is 32.1. The number of hydrogen-bond donors (Lipinski definition) is 0. The minimum atomic E-state index is 0.445. The maximum Gasteiger partial charge on any atom is 0.125 e. The molecule has 1 unspecified atom stereocenters. The van der Waals surface area contributed by atoms with Crippen molar-refractivity contribution in [2.24, 2.45) is 0 Å². The third kappa shape index (κ3) is 2.57. The summed E-state index contributed by atoms with van der Waals surface area (Å²) in [6.45, 7) is 0. The third-order valence-electron chi connectivity index (χ3n) is 4.31. The van der Waals surface area contributed by atoms with Crippen molar-refractivity contribution < 1.29 is 0 Å². The van der Waals surface area contributed by atoms with E-state index in [1.54, 1.807) is 0 Å². The Morgan fingerprint density at radius 1 is 1.00 bits per heavy atom. The zero-order chi connectivity index (χ0) is 14.8. The molecule has 1 aliphatic rings. The van der Waals surface area contributed by atoms with Gasteiger partial charge >= 0.3 is 0 Å². The second kappa shape index (κ2) is 6.01. The van der Waals surface area contributed by atoms with Gasteiger partial charge < -0.3 is 0 Å². The minimum Gasteiger partial charge on any atom is -0.264 e. The summed E-state index contributed by atoms with van der Waals surface area (Å²) < 4.78 is 0. The highest BCUT2D eigenvalue weighted by Gasteiger charge is 2.24. The lowest BCUT2D eigenvalue weighted by Gasteiger charge is -2.14. The van der Waals surface area contributed by atoms with Gasteiger partial charge in [-0.05, 0) is 37.0 Å². The number of benzene rings is 1. The lowest BCUT2D eigenvalue weighted by Crippen LogP contribution is -2.02. The standard InChI is InChI=1S/C19H18N2S/c1-2-7-14(8-3-1)16-10-4-5-11-17-18(16)21-19(22-17)15-9-6-12-20-13-15/h1-3,6-9,12-13,16H,4-5,10-11H2. The summed E-state index contributed by atoms with van der Waals surface area (Å²) in [7, 11) is 0. The monoisotopic (exact) mass is 306 g/mol. The third-order valence-corrected chi connectivity index (χ3v) is 5.49. The molecule has 2 nitrogen and oxygen atoms in total. The summed E-state index contributed by atoms with van der Waals surface area (Å²) in [5, 5.41) is 1.11. The molecular weight excluding hydrogens is 288 g/mol. The lowest BCUT2D eigenvalue weighted by atomic mass is 9.92. The number of hydrogen-bond acceptors (Lipinski definition) is 3. The van der Waals surface area contributed by atoms with E-state index in [0.29, 0.717) is 5.92 Å². The van der Waals surface area contributed by atoms with E-state index in [4.69, 9.17) is 4.98 Å². The van der Waals surface area contributed by atoms with Crippen molar-refractivity contribution in [2.45, 2.75) is 31.6 Å². The first kappa shape index (κ1) is 13.6. The van der Waals surface area contributed by atoms with Crippen LogP contribution in [0.1, 0.15) is 41.3 Å². The second-order valence-electron chi connectivity index (χ2n) is 5.78. The van der Waals surface area contributed by atoms with Gasteiger partial charge in [-0.1, -0.05) is 36.8 Å². The van der Waals surface area contributed by atoms with Gasteiger partial charge in [-0.15, -0.1) is 11.3 Å². The fourth-order valence-corrected chi connectivity index (χ4v) is 4.36. The van der Waals surface area contributed by atoms with Crippen molar-refractivity contribution in [2.75, 3.05) is 0 Å². The van der Waals surface area contributed by atoms with Crippen molar-refractivity contribution in [3.05, 3.63) is 71.0 Å². The Labute approximate surface area is 134 Å². The molecule has 0 spiro atoms. The Kier molecular flexibility index (Phi) is 3.73. The Morgan fingerprint density at radius 2 is 1.91 bits per heavy atom. The predicted octanol–water partition coefficient (Wildman–Crippen LogP) is 5.06. The Balaban J connectivity index is 1.78. The quantitative estimate of drug-likeness (QED) is 0.618. The molecule has 1 atom stereocenters. The molecule has 0 saturated heterocycles. The molecule has 0 radical (unpaired) electrons. The van der Waals surface area contributed by atoms with Gasteiger partial charge in [0.25, 0.3) is 0 Å². The van der Waals surface area contributed by atoms with Gasteiger partial charge in [-0.25, -0.2) is 4.98 Å². The molecule has 0 fully saturated rings. The van der Waals surface area contributed by atoms with Crippen molar-refractivity contribution in [3.8, 4) is 10.6 Å². The van der Waals surface area contributed by atoms with Gasteiger partial charge in [-0.3, -0.25) is 4.98 Å². The molecule has 0 aliphatic heterocycles. The molecule has 2 aromatic heterocycles. The Hall–Kier alpha value is -2.00. The first-order valence-corrected chi connectivity index (χ1v) is 8.68. The molecule has 3 aromatic rings. The predicted molar refractivity (Wildman–Crippen MR) is 91.2 cm³/mol. The average Bonchev–Trinajstić information content (AvgIpc) is 2.91. The molecular formula is C19H18N2S. The largest absolute Gasteiger partial charge is 0.264 e. The molecule has 0 N–H and O–H groups in total. The number of nitrogens with zero attached hydrogens (tertiary/aromatic N) is 2. The number of aromatic nitrogens is 2. The van der Waals surface area contributed by atoms with Crippen LogP contribution in [0.3, 0.4) is 0 Å². The normalized spacial score (nSPS) is 17.7. The molecule has 22 heavy (non-hydrogen) atoms. The van der Waals surface area contributed by atoms with Gasteiger partial charge in [-0.2, -0.15) is 0 Å². The number of fused-ring (bicyclic) bond motifs is 1. The fourth-order valence-electron chi connectivity index (χ4n) is 3.21. The van der Waals surface area contributed by atoms with E-state index in [2.05, 4.69) is 41.4 Å². The van der Waals surface area contributed by atoms with Gasteiger partial charge in [0.2, 0.25) is 0 Å². The topological polar surface area (TPSA) is 25.8 Å². The van der Waals surface area contributed by atoms with E-state index in [1.807, 2.05) is 29.8 Å². The maximum atomic E-state index is 5.02. The zero-order valence-corrected chi connectivity index (χ0v) is 13.2. The van der Waals surface area contributed by atoms with Crippen molar-refractivity contribution >= 4 is 11.3 Å². The summed E-state index contributed by atoms with van der Waals surface area (Å²) in [4.78, 5) is 10.7. The average molecular weight is 306 g/mol. The van der Waals surface area contributed by atoms with Crippen LogP contribution in [-0.2, 0) is 6.42 Å². The van der Waals surface area contributed by atoms with Crippen LogP contribution in [0.4, 0.5) is 0 Å². The van der Waals surface area contributed by atoms with Crippen molar-refractivity contribution in [1.82, 2.24) is 9.97 Å². The maximum absolute atomic E-state index is 5.02. The highest BCUT2D eigenvalue weighted by molar-refractivity contribution is 7.15. The molecule has 2 heterocycles. The van der Waals surface area contributed by atoms with Crippen LogP contribution in [0.5, 0.6) is 0 Å². The zero-order valence-electron chi connectivity index (χ0n) is 12.4. The molecule has 1 aliphatic carbocycles. The van der Waals surface area contributed by atoms with E-state index < -0.39 is 0 Å². The van der Waals surface area contributed by atoms with E-state index in [9.17, 15) is 0 Å². The molecule has 4 rings (SSSR count). The summed E-state index contributed by atoms with van der Waals surface area (Å²) in [5.74, 6) is 0.445. The van der Waals surface area contributed by atoms with Crippen molar-refractivity contribution in [3.63, 3.8) is 0 Å². The van der Waals surface area contributed by atoms with E-state index in [0.717, 1.165) is 17.0 Å². The van der Waals surface area contributed by atoms with Crippen LogP contribution in [-0.4, -0.2) is 9.97 Å². The van der Waals surface area contributed by atoms with Gasteiger partial charge in [0.15, 0.2) is 0 Å². The summed E-state index contributed by atoms with van der Waals surface area (Å²) in [6.07, 6.45) is 8.64. The Morgan fingerprint density at radius 3 is 2.73 bits per heavy atom. The van der Waals surface area contributed by atoms with Gasteiger partial charge in [0.1, 0.15) is 5.01 Å². The van der Waals surface area contributed by atoms with Crippen LogP contribution in [0.25, 0.3) is 10.6 Å².